The van der Waals surface area contributed by atoms with Gasteiger partial charge in [-0.15, -0.1) is 0 Å². The van der Waals surface area contributed by atoms with Crippen molar-refractivity contribution < 1.29 is 4.79 Å². The van der Waals surface area contributed by atoms with Gasteiger partial charge in [0.05, 0.1) is 0 Å². The molecule has 0 aromatic heterocycles. The van der Waals surface area contributed by atoms with Crippen molar-refractivity contribution in [3.63, 3.8) is 0 Å². The van der Waals surface area contributed by atoms with Crippen molar-refractivity contribution in [1.29, 1.82) is 0 Å². The third kappa shape index (κ3) is 2.07. The van der Waals surface area contributed by atoms with E-state index in [1.165, 1.54) is 5.56 Å². The Morgan fingerprint density at radius 2 is 2.12 bits per heavy atom. The van der Waals surface area contributed by atoms with Crippen LogP contribution in [-0.4, -0.2) is 36.0 Å². The topological polar surface area (TPSA) is 32.3 Å². The maximum Gasteiger partial charge on any atom is 0.224 e. The third-order valence-electron chi connectivity index (χ3n) is 3.91. The van der Waals surface area contributed by atoms with Crippen molar-refractivity contribution in [2.45, 2.75) is 31.3 Å². The summed E-state index contributed by atoms with van der Waals surface area (Å²) in [5.41, 5.74) is 1.31. The van der Waals surface area contributed by atoms with Gasteiger partial charge in [-0.2, -0.15) is 0 Å². The number of nitrogens with one attached hydrogen (secondary N) is 1. The fraction of sp³-hybridized carbons (Fsp3) is 0.500. The van der Waals surface area contributed by atoms with Gasteiger partial charge in [0.15, 0.2) is 0 Å². The maximum absolute atomic E-state index is 11.9. The van der Waals surface area contributed by atoms with Gasteiger partial charge in [0, 0.05) is 25.0 Å². The molecule has 2 saturated heterocycles. The van der Waals surface area contributed by atoms with Gasteiger partial charge < -0.3 is 10.2 Å². The van der Waals surface area contributed by atoms with Gasteiger partial charge in [0.1, 0.15) is 0 Å². The molecule has 3 heteroatoms. The fourth-order valence-electron chi connectivity index (χ4n) is 3.01. The van der Waals surface area contributed by atoms with Gasteiger partial charge in [0.25, 0.3) is 0 Å². The van der Waals surface area contributed by atoms with E-state index >= 15 is 0 Å². The highest BCUT2D eigenvalue weighted by Crippen LogP contribution is 2.26. The molecule has 3 nitrogen and oxygen atoms in total. The molecule has 2 aliphatic rings. The van der Waals surface area contributed by atoms with E-state index in [0.29, 0.717) is 24.4 Å². The van der Waals surface area contributed by atoms with Crippen LogP contribution < -0.4 is 5.32 Å². The first kappa shape index (κ1) is 10.8. The van der Waals surface area contributed by atoms with E-state index in [2.05, 4.69) is 34.5 Å². The van der Waals surface area contributed by atoms with Crippen molar-refractivity contribution >= 4 is 5.91 Å². The Labute approximate surface area is 102 Å². The second-order valence-corrected chi connectivity index (χ2v) is 4.94. The molecule has 0 unspecified atom stereocenters. The quantitative estimate of drug-likeness (QED) is 0.846. The van der Waals surface area contributed by atoms with Crippen molar-refractivity contribution in [3.05, 3.63) is 35.9 Å². The summed E-state index contributed by atoms with van der Waals surface area (Å²) < 4.78 is 0. The lowest BCUT2D eigenvalue weighted by Crippen LogP contribution is -2.37. The lowest BCUT2D eigenvalue weighted by atomic mass is 10.1. The van der Waals surface area contributed by atoms with Crippen LogP contribution in [0.1, 0.15) is 18.4 Å². The second-order valence-electron chi connectivity index (χ2n) is 4.94. The smallest absolute Gasteiger partial charge is 0.224 e. The number of carbonyl (C=O) groups excluding carboxylic acids is 1. The molecule has 2 aliphatic heterocycles. The molecule has 2 heterocycles. The summed E-state index contributed by atoms with van der Waals surface area (Å²) in [5.74, 6) is 0.322. The van der Waals surface area contributed by atoms with E-state index in [-0.39, 0.29) is 0 Å². The molecule has 0 bridgehead atoms. The lowest BCUT2D eigenvalue weighted by Gasteiger charge is -2.23. The number of hydrogen-bond acceptors (Lipinski definition) is 2. The molecule has 2 fully saturated rings. The summed E-state index contributed by atoms with van der Waals surface area (Å²) in [5, 5.41) is 3.41. The molecule has 0 saturated carbocycles. The Morgan fingerprint density at radius 1 is 1.29 bits per heavy atom. The van der Waals surface area contributed by atoms with E-state index in [1.54, 1.807) is 0 Å². The molecule has 1 aromatic carbocycles. The van der Waals surface area contributed by atoms with Crippen LogP contribution in [0.15, 0.2) is 30.3 Å². The highest BCUT2D eigenvalue weighted by molar-refractivity contribution is 5.80. The van der Waals surface area contributed by atoms with Crippen LogP contribution in [0.4, 0.5) is 0 Å². The maximum atomic E-state index is 11.9. The van der Waals surface area contributed by atoms with Gasteiger partial charge in [-0.1, -0.05) is 30.3 Å². The first-order valence-electron chi connectivity index (χ1n) is 6.41. The van der Waals surface area contributed by atoms with Crippen LogP contribution >= 0.6 is 0 Å². The number of fused-ring (bicyclic) bond motifs is 1. The van der Waals surface area contributed by atoms with Crippen LogP contribution in [0.2, 0.25) is 0 Å². The number of rotatable bonds is 3. The van der Waals surface area contributed by atoms with Crippen LogP contribution in [0.5, 0.6) is 0 Å². The normalized spacial score (nSPS) is 27.5. The number of hydrogen-bond donors (Lipinski definition) is 1. The Morgan fingerprint density at radius 3 is 2.94 bits per heavy atom. The predicted molar refractivity (Wildman–Crippen MR) is 66.7 cm³/mol. The van der Waals surface area contributed by atoms with Crippen molar-refractivity contribution in [3.8, 4) is 0 Å². The number of amides is 1. The average Bonchev–Trinajstić information content (AvgIpc) is 2.89. The summed E-state index contributed by atoms with van der Waals surface area (Å²) in [6.07, 6.45) is 2.78. The zero-order chi connectivity index (χ0) is 11.7. The number of carbonyl (C=O) groups is 1. The Bertz CT molecular complexity index is 404. The first-order valence-corrected chi connectivity index (χ1v) is 6.41. The lowest BCUT2D eigenvalue weighted by molar-refractivity contribution is -0.129. The molecule has 90 valence electrons. The zero-order valence-corrected chi connectivity index (χ0v) is 9.93. The first-order chi connectivity index (χ1) is 8.34. The molecule has 1 N–H and O–H groups in total. The SMILES string of the molecule is O=C1C[C@H]2NCC[C@H]2N1CCc1ccccc1. The number of nitrogens with zero attached hydrogens (tertiary/aromatic N) is 1. The minimum absolute atomic E-state index is 0.322. The van der Waals surface area contributed by atoms with Gasteiger partial charge in [-0.3, -0.25) is 4.79 Å². The molecule has 2 atom stereocenters. The van der Waals surface area contributed by atoms with Crippen LogP contribution in [0.25, 0.3) is 0 Å². The van der Waals surface area contributed by atoms with Gasteiger partial charge in [0.2, 0.25) is 5.91 Å². The van der Waals surface area contributed by atoms with Crippen molar-refractivity contribution in [2.24, 2.45) is 0 Å². The fourth-order valence-corrected chi connectivity index (χ4v) is 3.01. The van der Waals surface area contributed by atoms with Crippen LogP contribution in [-0.2, 0) is 11.2 Å². The molecule has 1 aromatic rings. The molecule has 1 amide bonds. The average molecular weight is 230 g/mol. The van der Waals surface area contributed by atoms with E-state index in [0.717, 1.165) is 25.9 Å². The van der Waals surface area contributed by atoms with Gasteiger partial charge >= 0.3 is 0 Å². The summed E-state index contributed by atoms with van der Waals surface area (Å²) in [4.78, 5) is 14.0. The molecule has 17 heavy (non-hydrogen) atoms. The zero-order valence-electron chi connectivity index (χ0n) is 9.93. The molecule has 0 aliphatic carbocycles. The highest BCUT2D eigenvalue weighted by Gasteiger charge is 2.41. The summed E-state index contributed by atoms with van der Waals surface area (Å²) in [6, 6.07) is 11.3. The van der Waals surface area contributed by atoms with Gasteiger partial charge in [-0.25, -0.2) is 0 Å². The monoisotopic (exact) mass is 230 g/mol. The van der Waals surface area contributed by atoms with Gasteiger partial charge in [-0.05, 0) is 24.9 Å². The van der Waals surface area contributed by atoms with E-state index < -0.39 is 0 Å². The Balaban J connectivity index is 1.63. The standard InChI is InChI=1S/C14H18N2O/c17-14-10-12-13(6-8-15-12)16(14)9-7-11-4-2-1-3-5-11/h1-5,12-13,15H,6-10H2/t12-,13-/m1/s1. The van der Waals surface area contributed by atoms with E-state index in [1.807, 2.05) is 6.07 Å². The Kier molecular flexibility index (Phi) is 2.85. The third-order valence-corrected chi connectivity index (χ3v) is 3.91. The molecular formula is C14H18N2O. The van der Waals surface area contributed by atoms with Crippen LogP contribution in [0.3, 0.4) is 0 Å². The molecule has 0 spiro atoms. The summed E-state index contributed by atoms with van der Waals surface area (Å²) in [7, 11) is 0. The highest BCUT2D eigenvalue weighted by atomic mass is 16.2. The molecule has 3 rings (SSSR count). The summed E-state index contributed by atoms with van der Waals surface area (Å²) >= 11 is 0. The van der Waals surface area contributed by atoms with E-state index in [4.69, 9.17) is 0 Å². The Hall–Kier alpha value is -1.35. The van der Waals surface area contributed by atoms with Crippen molar-refractivity contribution in [1.82, 2.24) is 10.2 Å². The van der Waals surface area contributed by atoms with E-state index in [9.17, 15) is 4.79 Å². The predicted octanol–water partition coefficient (Wildman–Crippen LogP) is 1.19. The second kappa shape index (κ2) is 4.49. The van der Waals surface area contributed by atoms with Crippen LogP contribution in [0, 0.1) is 0 Å². The number of likely N-dealkylation sites (tertiary alicyclic amines) is 1. The minimum atomic E-state index is 0.322. The van der Waals surface area contributed by atoms with Crippen molar-refractivity contribution in [2.75, 3.05) is 13.1 Å². The number of benzene rings is 1. The summed E-state index contributed by atoms with van der Waals surface area (Å²) in [6.45, 7) is 1.93. The molecule has 0 radical (unpaired) electrons. The largest absolute Gasteiger partial charge is 0.338 e. The molecular weight excluding hydrogens is 212 g/mol. The minimum Gasteiger partial charge on any atom is -0.338 e.